The first-order valence-corrected chi connectivity index (χ1v) is 7.63. The maximum atomic E-state index is 12.1. The average molecular weight is 341 g/mol. The number of amides is 1. The predicted octanol–water partition coefficient (Wildman–Crippen LogP) is 3.00. The molecule has 25 heavy (non-hydrogen) atoms. The van der Waals surface area contributed by atoms with E-state index in [1.54, 1.807) is 42.5 Å². The third kappa shape index (κ3) is 4.91. The van der Waals surface area contributed by atoms with Gasteiger partial charge >= 0.3 is 5.97 Å². The zero-order valence-corrected chi connectivity index (χ0v) is 14.3. The maximum Gasteiger partial charge on any atom is 0.337 e. The van der Waals surface area contributed by atoms with E-state index in [2.05, 4.69) is 10.1 Å². The molecule has 0 atom stereocenters. The minimum Gasteiger partial charge on any atom is -0.484 e. The van der Waals surface area contributed by atoms with E-state index in [9.17, 15) is 14.4 Å². The number of hydrogen-bond acceptors (Lipinski definition) is 5. The Balaban J connectivity index is 1.98. The summed E-state index contributed by atoms with van der Waals surface area (Å²) in [5.74, 6) is -0.386. The van der Waals surface area contributed by atoms with Crippen molar-refractivity contribution in [2.24, 2.45) is 0 Å². The number of ether oxygens (including phenoxy) is 2. The van der Waals surface area contributed by atoms with Crippen LogP contribution in [0.1, 0.15) is 33.2 Å². The Morgan fingerprint density at radius 1 is 1.00 bits per heavy atom. The number of benzene rings is 2. The van der Waals surface area contributed by atoms with Crippen molar-refractivity contribution in [3.8, 4) is 5.75 Å². The molecule has 0 radical (unpaired) electrons. The van der Waals surface area contributed by atoms with Crippen LogP contribution in [0.4, 0.5) is 5.69 Å². The Kier molecular flexibility index (Phi) is 5.89. The lowest BCUT2D eigenvalue weighted by atomic mass is 10.1. The molecule has 6 nitrogen and oxygen atoms in total. The van der Waals surface area contributed by atoms with Crippen LogP contribution in [-0.2, 0) is 9.53 Å². The Bertz CT molecular complexity index is 796. The Hall–Kier alpha value is -3.15. The number of carbonyl (C=O) groups excluding carboxylic acids is 3. The molecule has 0 heterocycles. The lowest BCUT2D eigenvalue weighted by molar-refractivity contribution is -0.118. The maximum absolute atomic E-state index is 12.1. The van der Waals surface area contributed by atoms with E-state index in [0.717, 1.165) is 5.56 Å². The van der Waals surface area contributed by atoms with E-state index in [4.69, 9.17) is 4.74 Å². The van der Waals surface area contributed by atoms with Crippen LogP contribution in [0.25, 0.3) is 0 Å². The van der Waals surface area contributed by atoms with Crippen LogP contribution in [0.2, 0.25) is 0 Å². The molecule has 1 amide bonds. The second kappa shape index (κ2) is 8.10. The van der Waals surface area contributed by atoms with Crippen molar-refractivity contribution in [1.29, 1.82) is 0 Å². The van der Waals surface area contributed by atoms with Crippen molar-refractivity contribution in [3.05, 3.63) is 59.2 Å². The van der Waals surface area contributed by atoms with Gasteiger partial charge in [0, 0.05) is 11.3 Å². The summed E-state index contributed by atoms with van der Waals surface area (Å²) in [5, 5.41) is 2.70. The highest BCUT2D eigenvalue weighted by atomic mass is 16.5. The van der Waals surface area contributed by atoms with E-state index in [1.165, 1.54) is 14.0 Å². The smallest absolute Gasteiger partial charge is 0.337 e. The number of hydrogen-bond donors (Lipinski definition) is 1. The van der Waals surface area contributed by atoms with Crippen LogP contribution in [0, 0.1) is 6.92 Å². The van der Waals surface area contributed by atoms with Gasteiger partial charge in [0.05, 0.1) is 12.7 Å². The highest BCUT2D eigenvalue weighted by Crippen LogP contribution is 2.18. The van der Waals surface area contributed by atoms with Gasteiger partial charge in [-0.15, -0.1) is 0 Å². The lowest BCUT2D eigenvalue weighted by Crippen LogP contribution is -2.21. The molecule has 0 saturated carbocycles. The summed E-state index contributed by atoms with van der Waals surface area (Å²) in [7, 11) is 1.30. The van der Waals surface area contributed by atoms with Gasteiger partial charge in [-0.1, -0.05) is 6.07 Å². The Morgan fingerprint density at radius 3 is 2.24 bits per heavy atom. The van der Waals surface area contributed by atoms with Gasteiger partial charge in [-0.3, -0.25) is 9.59 Å². The highest BCUT2D eigenvalue weighted by molar-refractivity contribution is 5.96. The summed E-state index contributed by atoms with van der Waals surface area (Å²) < 4.78 is 10.1. The van der Waals surface area contributed by atoms with Gasteiger partial charge in [0.1, 0.15) is 5.75 Å². The van der Waals surface area contributed by atoms with Crippen LogP contribution < -0.4 is 10.1 Å². The highest BCUT2D eigenvalue weighted by Gasteiger charge is 2.11. The zero-order valence-electron chi connectivity index (χ0n) is 14.3. The summed E-state index contributed by atoms with van der Waals surface area (Å²) in [6, 6.07) is 11.5. The largest absolute Gasteiger partial charge is 0.484 e. The van der Waals surface area contributed by atoms with Crippen LogP contribution in [0.3, 0.4) is 0 Å². The van der Waals surface area contributed by atoms with Crippen molar-refractivity contribution >= 4 is 23.3 Å². The van der Waals surface area contributed by atoms with E-state index in [-0.39, 0.29) is 18.3 Å². The van der Waals surface area contributed by atoms with Crippen molar-refractivity contribution < 1.29 is 23.9 Å². The van der Waals surface area contributed by atoms with Gasteiger partial charge in [0.15, 0.2) is 12.4 Å². The molecule has 0 bridgehead atoms. The van der Waals surface area contributed by atoms with Crippen LogP contribution in [-0.4, -0.2) is 31.4 Å². The number of Topliss-reactive ketones (excluding diaryl/α,β-unsaturated/α-hetero) is 1. The number of rotatable bonds is 6. The fourth-order valence-electron chi connectivity index (χ4n) is 2.12. The van der Waals surface area contributed by atoms with Gasteiger partial charge in [0.2, 0.25) is 0 Å². The molecule has 2 aromatic rings. The van der Waals surface area contributed by atoms with Gasteiger partial charge in [-0.05, 0) is 55.8 Å². The van der Waals surface area contributed by atoms with Gasteiger partial charge in [-0.25, -0.2) is 4.79 Å². The average Bonchev–Trinajstić information content (AvgIpc) is 2.61. The summed E-state index contributed by atoms with van der Waals surface area (Å²) in [4.78, 5) is 34.8. The summed E-state index contributed by atoms with van der Waals surface area (Å²) in [6.45, 7) is 3.10. The zero-order chi connectivity index (χ0) is 18.4. The van der Waals surface area contributed by atoms with Crippen LogP contribution in [0.5, 0.6) is 5.75 Å². The molecule has 1 N–H and O–H groups in total. The van der Waals surface area contributed by atoms with Crippen LogP contribution >= 0.6 is 0 Å². The van der Waals surface area contributed by atoms with Gasteiger partial charge in [0.25, 0.3) is 5.91 Å². The third-order valence-corrected chi connectivity index (χ3v) is 3.56. The standard InChI is InChI=1S/C19H19NO5/c1-12-4-5-15(19(23)24-3)10-17(12)20-18(22)11-25-16-8-6-14(7-9-16)13(2)21/h4-10H,11H2,1-3H3,(H,20,22). The van der Waals surface area contributed by atoms with E-state index in [1.807, 2.05) is 6.92 Å². The van der Waals surface area contributed by atoms with Gasteiger partial charge in [-0.2, -0.15) is 0 Å². The molecule has 0 aliphatic carbocycles. The second-order valence-electron chi connectivity index (χ2n) is 5.44. The van der Waals surface area contributed by atoms with Crippen molar-refractivity contribution in [1.82, 2.24) is 0 Å². The number of methoxy groups -OCH3 is 1. The fraction of sp³-hybridized carbons (Fsp3) is 0.211. The molecule has 0 unspecified atom stereocenters. The Labute approximate surface area is 145 Å². The first-order chi connectivity index (χ1) is 11.9. The quantitative estimate of drug-likeness (QED) is 0.645. The minimum atomic E-state index is -0.475. The number of anilines is 1. The first kappa shape index (κ1) is 18.2. The molecule has 6 heteroatoms. The van der Waals surface area contributed by atoms with Gasteiger partial charge < -0.3 is 14.8 Å². The first-order valence-electron chi connectivity index (χ1n) is 7.63. The summed E-state index contributed by atoms with van der Waals surface area (Å²) >= 11 is 0. The number of esters is 1. The SMILES string of the molecule is COC(=O)c1ccc(C)c(NC(=O)COc2ccc(C(C)=O)cc2)c1. The Morgan fingerprint density at radius 2 is 1.64 bits per heavy atom. The van der Waals surface area contributed by atoms with Crippen molar-refractivity contribution in [2.75, 3.05) is 19.0 Å². The molecule has 0 aromatic heterocycles. The molecular weight excluding hydrogens is 322 g/mol. The second-order valence-corrected chi connectivity index (χ2v) is 5.44. The molecule has 0 saturated heterocycles. The molecule has 0 aliphatic rings. The van der Waals surface area contributed by atoms with E-state index >= 15 is 0 Å². The minimum absolute atomic E-state index is 0.0368. The number of carbonyl (C=O) groups is 3. The monoisotopic (exact) mass is 341 g/mol. The van der Waals surface area contributed by atoms with Crippen molar-refractivity contribution in [2.45, 2.75) is 13.8 Å². The summed E-state index contributed by atoms with van der Waals surface area (Å²) in [6.07, 6.45) is 0. The molecule has 2 rings (SSSR count). The number of ketones is 1. The third-order valence-electron chi connectivity index (χ3n) is 3.56. The lowest BCUT2D eigenvalue weighted by Gasteiger charge is -2.11. The topological polar surface area (TPSA) is 81.7 Å². The van der Waals surface area contributed by atoms with E-state index in [0.29, 0.717) is 22.6 Å². The molecule has 0 fully saturated rings. The molecule has 0 spiro atoms. The van der Waals surface area contributed by atoms with Crippen molar-refractivity contribution in [3.63, 3.8) is 0 Å². The molecule has 2 aromatic carbocycles. The normalized spacial score (nSPS) is 10.0. The van der Waals surface area contributed by atoms with Crippen LogP contribution in [0.15, 0.2) is 42.5 Å². The predicted molar refractivity (Wildman–Crippen MR) is 93.1 cm³/mol. The molecule has 130 valence electrons. The summed E-state index contributed by atoms with van der Waals surface area (Å²) in [5.41, 5.74) is 2.26. The van der Waals surface area contributed by atoms with E-state index < -0.39 is 5.97 Å². The number of nitrogens with one attached hydrogen (secondary N) is 1. The molecule has 0 aliphatic heterocycles. The number of aryl methyl sites for hydroxylation is 1. The molecular formula is C19H19NO5. The fourth-order valence-corrected chi connectivity index (χ4v) is 2.12.